The third-order valence-corrected chi connectivity index (χ3v) is 9.29. The van der Waals surface area contributed by atoms with Gasteiger partial charge in [0.2, 0.25) is 22.7 Å². The fourth-order valence-electron chi connectivity index (χ4n) is 4.97. The van der Waals surface area contributed by atoms with Crippen molar-refractivity contribution in [1.82, 2.24) is 4.31 Å². The Kier molecular flexibility index (Phi) is 5.94. The van der Waals surface area contributed by atoms with Crippen LogP contribution in [0.25, 0.3) is 11.1 Å². The summed E-state index contributed by atoms with van der Waals surface area (Å²) >= 11 is 0. The first kappa shape index (κ1) is 24.0. The number of benzene rings is 3. The molecule has 37 heavy (non-hydrogen) atoms. The minimum atomic E-state index is -3.56. The third kappa shape index (κ3) is 4.37. The molecule has 0 aromatic heterocycles. The lowest BCUT2D eigenvalue weighted by atomic mass is 9.94. The van der Waals surface area contributed by atoms with Crippen molar-refractivity contribution in [2.75, 3.05) is 38.4 Å². The van der Waals surface area contributed by atoms with Gasteiger partial charge in [-0.3, -0.25) is 4.79 Å². The molecule has 2 aliphatic heterocycles. The highest BCUT2D eigenvalue weighted by Gasteiger charge is 2.51. The summed E-state index contributed by atoms with van der Waals surface area (Å²) in [6.07, 6.45) is 1.55. The molecule has 0 spiro atoms. The Morgan fingerprint density at radius 1 is 0.946 bits per heavy atom. The third-order valence-electron chi connectivity index (χ3n) is 7.38. The second kappa shape index (κ2) is 9.16. The zero-order chi connectivity index (χ0) is 25.6. The smallest absolute Gasteiger partial charge is 0.243 e. The van der Waals surface area contributed by atoms with E-state index in [4.69, 9.17) is 14.2 Å². The maximum Gasteiger partial charge on any atom is 0.243 e. The van der Waals surface area contributed by atoms with Crippen LogP contribution in [0.15, 0.2) is 65.6 Å². The quantitative estimate of drug-likeness (QED) is 0.518. The predicted molar refractivity (Wildman–Crippen MR) is 140 cm³/mol. The number of amides is 1. The number of fused-ring (bicyclic) bond motifs is 1. The largest absolute Gasteiger partial charge is 0.454 e. The Balaban J connectivity index is 0.00000294. The number of morpholine rings is 1. The number of anilines is 1. The van der Waals surface area contributed by atoms with E-state index in [1.54, 1.807) is 12.1 Å². The van der Waals surface area contributed by atoms with Crippen molar-refractivity contribution in [3.05, 3.63) is 71.8 Å². The molecular formula is C28H30N2O6S. The van der Waals surface area contributed by atoms with E-state index < -0.39 is 15.4 Å². The number of sulfonamides is 1. The molecule has 3 aromatic carbocycles. The lowest BCUT2D eigenvalue weighted by Crippen LogP contribution is -2.40. The van der Waals surface area contributed by atoms with E-state index in [-0.39, 0.29) is 19.0 Å². The Bertz CT molecular complexity index is 1470. The van der Waals surface area contributed by atoms with E-state index in [2.05, 4.69) is 5.32 Å². The summed E-state index contributed by atoms with van der Waals surface area (Å²) < 4.78 is 43.6. The van der Waals surface area contributed by atoms with Gasteiger partial charge in [0.25, 0.3) is 0 Å². The lowest BCUT2D eigenvalue weighted by molar-refractivity contribution is -0.118. The summed E-state index contributed by atoms with van der Waals surface area (Å²) in [4.78, 5) is 13.6. The van der Waals surface area contributed by atoms with Crippen LogP contribution in [0, 0.1) is 6.92 Å². The molecule has 2 heterocycles. The van der Waals surface area contributed by atoms with Gasteiger partial charge in [-0.2, -0.15) is 4.31 Å². The molecule has 2 fully saturated rings. The minimum absolute atomic E-state index is 0. The summed E-state index contributed by atoms with van der Waals surface area (Å²) in [6.45, 7) is 3.73. The number of carbonyl (C=O) groups is 1. The Labute approximate surface area is 217 Å². The van der Waals surface area contributed by atoms with Gasteiger partial charge >= 0.3 is 0 Å². The lowest BCUT2D eigenvalue weighted by Gasteiger charge is -2.26. The van der Waals surface area contributed by atoms with E-state index in [0.29, 0.717) is 43.5 Å². The number of ether oxygens (including phenoxy) is 3. The van der Waals surface area contributed by atoms with Crippen LogP contribution in [-0.2, 0) is 25.0 Å². The molecule has 194 valence electrons. The van der Waals surface area contributed by atoms with Crippen LogP contribution in [0.3, 0.4) is 0 Å². The van der Waals surface area contributed by atoms with Crippen LogP contribution < -0.4 is 14.8 Å². The summed E-state index contributed by atoms with van der Waals surface area (Å²) in [5, 5.41) is 3.10. The Hall–Kier alpha value is -3.40. The van der Waals surface area contributed by atoms with Crippen LogP contribution in [0.4, 0.5) is 5.69 Å². The van der Waals surface area contributed by atoms with Crippen LogP contribution in [-0.4, -0.2) is 51.7 Å². The molecule has 1 amide bonds. The molecule has 0 atom stereocenters. The van der Waals surface area contributed by atoms with Crippen LogP contribution >= 0.6 is 0 Å². The highest BCUT2D eigenvalue weighted by atomic mass is 32.2. The SMILES string of the molecule is Cc1ccc(NC(=O)C2(c3ccc4c(c3)OCO4)CC2)cc1-c1ccc(S(=O)(=O)N2CCOCC2)cc1.[HH]. The molecule has 6 rings (SSSR count). The number of nitrogens with one attached hydrogen (secondary N) is 1. The molecule has 8 nitrogen and oxygen atoms in total. The molecule has 9 heteroatoms. The molecule has 0 radical (unpaired) electrons. The van der Waals surface area contributed by atoms with Gasteiger partial charge in [0.15, 0.2) is 11.5 Å². The van der Waals surface area contributed by atoms with Crippen molar-refractivity contribution in [1.29, 1.82) is 0 Å². The monoisotopic (exact) mass is 522 g/mol. The van der Waals surface area contributed by atoms with Crippen molar-refractivity contribution in [3.8, 4) is 22.6 Å². The Morgan fingerprint density at radius 3 is 2.41 bits per heavy atom. The topological polar surface area (TPSA) is 94.2 Å². The van der Waals surface area contributed by atoms with Gasteiger partial charge in [0.05, 0.1) is 23.5 Å². The van der Waals surface area contributed by atoms with Crippen LogP contribution in [0.5, 0.6) is 11.5 Å². The second-order valence-electron chi connectivity index (χ2n) is 9.67. The summed E-state index contributed by atoms with van der Waals surface area (Å²) in [7, 11) is -3.56. The van der Waals surface area contributed by atoms with Gasteiger partial charge in [-0.25, -0.2) is 8.42 Å². The van der Waals surface area contributed by atoms with Gasteiger partial charge < -0.3 is 19.5 Å². The maximum atomic E-state index is 13.4. The van der Waals surface area contributed by atoms with Gasteiger partial charge in [-0.1, -0.05) is 24.3 Å². The zero-order valence-electron chi connectivity index (χ0n) is 20.5. The molecule has 1 aliphatic carbocycles. The second-order valence-corrected chi connectivity index (χ2v) is 11.6. The molecular weight excluding hydrogens is 492 g/mol. The predicted octanol–water partition coefficient (Wildman–Crippen LogP) is 4.33. The minimum Gasteiger partial charge on any atom is -0.454 e. The normalized spacial score (nSPS) is 18.4. The van der Waals surface area contributed by atoms with Gasteiger partial charge in [-0.05, 0) is 78.4 Å². The molecule has 1 saturated carbocycles. The number of aryl methyl sites for hydroxylation is 1. The molecule has 1 saturated heterocycles. The van der Waals surface area contributed by atoms with Crippen molar-refractivity contribution in [3.63, 3.8) is 0 Å². The van der Waals surface area contributed by atoms with Gasteiger partial charge in [0.1, 0.15) is 0 Å². The average molecular weight is 523 g/mol. The Morgan fingerprint density at radius 2 is 1.68 bits per heavy atom. The first-order valence-corrected chi connectivity index (χ1v) is 13.8. The molecule has 0 bridgehead atoms. The molecule has 1 N–H and O–H groups in total. The van der Waals surface area contributed by atoms with Gasteiger partial charge in [-0.15, -0.1) is 0 Å². The van der Waals surface area contributed by atoms with E-state index >= 15 is 0 Å². The highest BCUT2D eigenvalue weighted by molar-refractivity contribution is 7.89. The van der Waals surface area contributed by atoms with Crippen molar-refractivity contribution in [2.24, 2.45) is 0 Å². The molecule has 3 aromatic rings. The van der Waals surface area contributed by atoms with E-state index in [1.807, 2.05) is 55.5 Å². The van der Waals surface area contributed by atoms with Crippen molar-refractivity contribution < 1.29 is 28.8 Å². The van der Waals surface area contributed by atoms with Crippen molar-refractivity contribution >= 4 is 21.6 Å². The number of rotatable bonds is 6. The highest BCUT2D eigenvalue weighted by Crippen LogP contribution is 2.51. The molecule has 0 unspecified atom stereocenters. The fraction of sp³-hybridized carbons (Fsp3) is 0.321. The number of hydrogen-bond donors (Lipinski definition) is 1. The summed E-state index contributed by atoms with van der Waals surface area (Å²) in [5.41, 5.74) is 3.90. The van der Waals surface area contributed by atoms with Crippen molar-refractivity contribution in [2.45, 2.75) is 30.1 Å². The van der Waals surface area contributed by atoms with Crippen LogP contribution in [0.2, 0.25) is 0 Å². The fourth-order valence-corrected chi connectivity index (χ4v) is 6.38. The van der Waals surface area contributed by atoms with E-state index in [9.17, 15) is 13.2 Å². The zero-order valence-corrected chi connectivity index (χ0v) is 21.3. The van der Waals surface area contributed by atoms with E-state index in [1.165, 1.54) is 4.31 Å². The first-order chi connectivity index (χ1) is 17.9. The molecule has 3 aliphatic rings. The average Bonchev–Trinajstić information content (AvgIpc) is 3.61. The van der Waals surface area contributed by atoms with Crippen LogP contribution in [0.1, 0.15) is 25.4 Å². The maximum absolute atomic E-state index is 13.4. The number of carbonyl (C=O) groups excluding carboxylic acids is 1. The first-order valence-electron chi connectivity index (χ1n) is 12.4. The standard InChI is InChI=1S/C28H28N2O6S.H2/c1-19-2-6-22(29-27(31)28(10-11-28)21-5-9-25-26(16-21)36-18-35-25)17-24(19)20-3-7-23(8-4-20)37(32,33)30-12-14-34-15-13-30;/h2-9,16-17H,10-15,18H2,1H3,(H,29,31);1H. The summed E-state index contributed by atoms with van der Waals surface area (Å²) in [5.74, 6) is 1.33. The van der Waals surface area contributed by atoms with E-state index in [0.717, 1.165) is 35.1 Å². The van der Waals surface area contributed by atoms with Gasteiger partial charge in [0, 0.05) is 20.2 Å². The summed E-state index contributed by atoms with van der Waals surface area (Å²) in [6, 6.07) is 18.4. The number of hydrogen-bond acceptors (Lipinski definition) is 6. The number of nitrogens with zero attached hydrogens (tertiary/aromatic N) is 1.